The van der Waals surface area contributed by atoms with E-state index < -0.39 is 0 Å². The number of halogens is 1. The van der Waals surface area contributed by atoms with Crippen LogP contribution in [-0.4, -0.2) is 26.2 Å². The van der Waals surface area contributed by atoms with Crippen LogP contribution < -0.4 is 19.5 Å². The van der Waals surface area contributed by atoms with Gasteiger partial charge in [0.15, 0.2) is 11.5 Å². The van der Waals surface area contributed by atoms with Crippen molar-refractivity contribution in [3.8, 4) is 17.2 Å². The minimum Gasteiger partial charge on any atom is -0.493 e. The molecule has 1 fully saturated rings. The summed E-state index contributed by atoms with van der Waals surface area (Å²) < 4.78 is 16.3. The first kappa shape index (κ1) is 18.4. The van der Waals surface area contributed by atoms with E-state index >= 15 is 0 Å². The number of nitrogens with one attached hydrogen (secondary N) is 1. The zero-order valence-electron chi connectivity index (χ0n) is 14.9. The molecule has 2 aromatic rings. The number of benzene rings is 2. The number of ether oxygens (including phenoxy) is 3. The molecule has 1 aliphatic rings. The molecule has 138 valence electrons. The van der Waals surface area contributed by atoms with E-state index in [1.807, 2.05) is 24.3 Å². The maximum Gasteiger partial charge on any atom is 0.255 e. The maximum atomic E-state index is 12.5. The molecular weight excluding hydrogens is 354 g/mol. The maximum absolute atomic E-state index is 12.5. The average Bonchev–Trinajstić information content (AvgIpc) is 3.15. The van der Waals surface area contributed by atoms with Crippen molar-refractivity contribution >= 4 is 23.2 Å². The molecule has 0 bridgehead atoms. The van der Waals surface area contributed by atoms with Crippen molar-refractivity contribution < 1.29 is 19.0 Å². The standard InChI is InChI=1S/C20H22ClNO4/c1-24-18-12-13(11-17(21)19(18)25-2)20(23)22-14-7-9-16(10-8-14)26-15-5-3-4-6-15/h7-12,15H,3-6H2,1-2H3,(H,22,23). The van der Waals surface area contributed by atoms with E-state index in [1.165, 1.54) is 27.1 Å². The molecule has 0 aliphatic heterocycles. The third kappa shape index (κ3) is 4.22. The third-order valence-electron chi connectivity index (χ3n) is 4.41. The first-order valence-electron chi connectivity index (χ1n) is 8.60. The Bertz CT molecular complexity index is 770. The zero-order valence-corrected chi connectivity index (χ0v) is 15.6. The van der Waals surface area contributed by atoms with Crippen molar-refractivity contribution in [3.63, 3.8) is 0 Å². The Kier molecular flexibility index (Phi) is 5.89. The number of anilines is 1. The van der Waals surface area contributed by atoms with Crippen molar-refractivity contribution in [1.29, 1.82) is 0 Å². The molecule has 2 aromatic carbocycles. The number of methoxy groups -OCH3 is 2. The molecule has 0 saturated heterocycles. The van der Waals surface area contributed by atoms with Gasteiger partial charge in [0.05, 0.1) is 25.3 Å². The highest BCUT2D eigenvalue weighted by molar-refractivity contribution is 6.32. The summed E-state index contributed by atoms with van der Waals surface area (Å²) in [4.78, 5) is 12.5. The van der Waals surface area contributed by atoms with Crippen LogP contribution in [0.1, 0.15) is 36.0 Å². The van der Waals surface area contributed by atoms with Gasteiger partial charge < -0.3 is 19.5 Å². The molecule has 0 aromatic heterocycles. The van der Waals surface area contributed by atoms with E-state index in [2.05, 4.69) is 5.32 Å². The normalized spacial score (nSPS) is 14.1. The Morgan fingerprint density at radius 3 is 2.38 bits per heavy atom. The SMILES string of the molecule is COc1cc(C(=O)Nc2ccc(OC3CCCC3)cc2)cc(Cl)c1OC. The van der Waals surface area contributed by atoms with Gasteiger partial charge in [0.1, 0.15) is 5.75 Å². The Balaban J connectivity index is 1.68. The predicted octanol–water partition coefficient (Wildman–Crippen LogP) is 4.93. The number of carbonyl (C=O) groups is 1. The fourth-order valence-electron chi connectivity index (χ4n) is 3.07. The Morgan fingerprint density at radius 1 is 1.08 bits per heavy atom. The van der Waals surface area contributed by atoms with E-state index in [1.54, 1.807) is 12.1 Å². The van der Waals surface area contributed by atoms with Gasteiger partial charge in [0.25, 0.3) is 5.91 Å². The minimum absolute atomic E-state index is 0.280. The summed E-state index contributed by atoms with van der Waals surface area (Å²) in [6, 6.07) is 10.5. The number of hydrogen-bond acceptors (Lipinski definition) is 4. The second-order valence-electron chi connectivity index (χ2n) is 6.20. The summed E-state index contributed by atoms with van der Waals surface area (Å²) in [5, 5.41) is 3.16. The molecule has 1 aliphatic carbocycles. The van der Waals surface area contributed by atoms with Gasteiger partial charge in [-0.3, -0.25) is 4.79 Å². The van der Waals surface area contributed by atoms with Crippen molar-refractivity contribution in [1.82, 2.24) is 0 Å². The summed E-state index contributed by atoms with van der Waals surface area (Å²) in [5.74, 6) is 1.35. The van der Waals surface area contributed by atoms with Gasteiger partial charge in [0, 0.05) is 11.3 Å². The fourth-order valence-corrected chi connectivity index (χ4v) is 3.36. The molecule has 3 rings (SSSR count). The monoisotopic (exact) mass is 375 g/mol. The zero-order chi connectivity index (χ0) is 18.5. The predicted molar refractivity (Wildman–Crippen MR) is 102 cm³/mol. The minimum atomic E-state index is -0.280. The van der Waals surface area contributed by atoms with Crippen LogP contribution >= 0.6 is 11.6 Å². The summed E-state index contributed by atoms with van der Waals surface area (Å²) in [6.07, 6.45) is 4.99. The van der Waals surface area contributed by atoms with Gasteiger partial charge in [-0.15, -0.1) is 0 Å². The Morgan fingerprint density at radius 2 is 1.77 bits per heavy atom. The second kappa shape index (κ2) is 8.32. The van der Waals surface area contributed by atoms with Crippen molar-refractivity contribution in [2.24, 2.45) is 0 Å². The Labute approximate surface area is 158 Å². The van der Waals surface area contributed by atoms with E-state index in [-0.39, 0.29) is 5.91 Å². The van der Waals surface area contributed by atoms with Gasteiger partial charge >= 0.3 is 0 Å². The van der Waals surface area contributed by atoms with Crippen LogP contribution in [0.25, 0.3) is 0 Å². The molecule has 0 atom stereocenters. The molecule has 0 unspecified atom stereocenters. The molecule has 1 saturated carbocycles. The smallest absolute Gasteiger partial charge is 0.255 e. The van der Waals surface area contributed by atoms with Crippen LogP contribution in [0.15, 0.2) is 36.4 Å². The quantitative estimate of drug-likeness (QED) is 0.777. The molecule has 6 heteroatoms. The number of hydrogen-bond donors (Lipinski definition) is 1. The summed E-state index contributed by atoms with van der Waals surface area (Å²) in [5.41, 5.74) is 1.07. The van der Waals surface area contributed by atoms with Crippen LogP contribution in [0.4, 0.5) is 5.69 Å². The number of amides is 1. The van der Waals surface area contributed by atoms with E-state index in [0.29, 0.717) is 33.9 Å². The van der Waals surface area contributed by atoms with Crippen LogP contribution in [0.2, 0.25) is 5.02 Å². The largest absolute Gasteiger partial charge is 0.493 e. The van der Waals surface area contributed by atoms with E-state index in [0.717, 1.165) is 18.6 Å². The molecule has 5 nitrogen and oxygen atoms in total. The number of rotatable bonds is 6. The lowest BCUT2D eigenvalue weighted by atomic mass is 10.1. The highest BCUT2D eigenvalue weighted by Crippen LogP contribution is 2.36. The highest BCUT2D eigenvalue weighted by atomic mass is 35.5. The topological polar surface area (TPSA) is 56.8 Å². The summed E-state index contributed by atoms with van der Waals surface area (Å²) >= 11 is 6.16. The third-order valence-corrected chi connectivity index (χ3v) is 4.69. The molecule has 1 N–H and O–H groups in total. The van der Waals surface area contributed by atoms with Crippen LogP contribution in [0, 0.1) is 0 Å². The first-order valence-corrected chi connectivity index (χ1v) is 8.98. The molecule has 0 radical (unpaired) electrons. The molecular formula is C20H22ClNO4. The van der Waals surface area contributed by atoms with Crippen LogP contribution in [0.3, 0.4) is 0 Å². The molecule has 26 heavy (non-hydrogen) atoms. The van der Waals surface area contributed by atoms with Crippen LogP contribution in [0.5, 0.6) is 17.2 Å². The van der Waals surface area contributed by atoms with Gasteiger partial charge in [-0.25, -0.2) is 0 Å². The van der Waals surface area contributed by atoms with Gasteiger partial charge in [-0.1, -0.05) is 11.6 Å². The van der Waals surface area contributed by atoms with Crippen LogP contribution in [-0.2, 0) is 0 Å². The second-order valence-corrected chi connectivity index (χ2v) is 6.60. The lowest BCUT2D eigenvalue weighted by molar-refractivity contribution is 0.102. The molecule has 0 spiro atoms. The fraction of sp³-hybridized carbons (Fsp3) is 0.350. The lowest BCUT2D eigenvalue weighted by Crippen LogP contribution is -2.13. The van der Waals surface area contributed by atoms with Gasteiger partial charge in [-0.2, -0.15) is 0 Å². The van der Waals surface area contributed by atoms with E-state index in [9.17, 15) is 4.79 Å². The van der Waals surface area contributed by atoms with Gasteiger partial charge in [0.2, 0.25) is 0 Å². The van der Waals surface area contributed by atoms with Crippen molar-refractivity contribution in [3.05, 3.63) is 47.0 Å². The first-order chi connectivity index (χ1) is 12.6. The summed E-state index contributed by atoms with van der Waals surface area (Å²) in [7, 11) is 3.00. The average molecular weight is 376 g/mol. The molecule has 1 amide bonds. The number of carbonyl (C=O) groups excluding carboxylic acids is 1. The Hall–Kier alpha value is -2.40. The van der Waals surface area contributed by atoms with Crippen molar-refractivity contribution in [2.75, 3.05) is 19.5 Å². The van der Waals surface area contributed by atoms with Gasteiger partial charge in [-0.05, 0) is 62.1 Å². The molecule has 0 heterocycles. The van der Waals surface area contributed by atoms with Crippen molar-refractivity contribution in [2.45, 2.75) is 31.8 Å². The highest BCUT2D eigenvalue weighted by Gasteiger charge is 2.17. The summed E-state index contributed by atoms with van der Waals surface area (Å²) in [6.45, 7) is 0. The lowest BCUT2D eigenvalue weighted by Gasteiger charge is -2.14. The van der Waals surface area contributed by atoms with E-state index in [4.69, 9.17) is 25.8 Å².